The van der Waals surface area contributed by atoms with Crippen molar-refractivity contribution in [2.24, 2.45) is 0 Å². The van der Waals surface area contributed by atoms with E-state index in [0.29, 0.717) is 28.7 Å². The molecule has 5 heteroatoms. The molecule has 0 aliphatic carbocycles. The zero-order valence-corrected chi connectivity index (χ0v) is 12.0. The summed E-state index contributed by atoms with van der Waals surface area (Å²) >= 11 is 0. The van der Waals surface area contributed by atoms with E-state index >= 15 is 0 Å². The van der Waals surface area contributed by atoms with Crippen LogP contribution in [-0.4, -0.2) is 15.9 Å². The lowest BCUT2D eigenvalue weighted by Crippen LogP contribution is -2.02. The number of phenols is 1. The molecule has 0 spiro atoms. The molecule has 0 heterocycles. The van der Waals surface area contributed by atoms with Gasteiger partial charge in [-0.15, -0.1) is 0 Å². The van der Waals surface area contributed by atoms with E-state index in [4.69, 9.17) is 10.5 Å². The van der Waals surface area contributed by atoms with E-state index in [1.807, 2.05) is 13.0 Å². The summed E-state index contributed by atoms with van der Waals surface area (Å²) in [7, 11) is -1.28. The average Bonchev–Trinajstić information content (AvgIpc) is 2.41. The number of rotatable bonds is 5. The van der Waals surface area contributed by atoms with Gasteiger partial charge in [0.25, 0.3) is 0 Å². The van der Waals surface area contributed by atoms with Gasteiger partial charge in [-0.1, -0.05) is 12.1 Å². The molecule has 0 aliphatic rings. The maximum absolute atomic E-state index is 12.4. The van der Waals surface area contributed by atoms with Gasteiger partial charge in [-0.2, -0.15) is 0 Å². The largest absolute Gasteiger partial charge is 0.508 e. The van der Waals surface area contributed by atoms with Crippen molar-refractivity contribution in [3.8, 4) is 11.5 Å². The summed E-state index contributed by atoms with van der Waals surface area (Å²) in [6, 6.07) is 11.9. The maximum Gasteiger partial charge on any atom is 0.120 e. The van der Waals surface area contributed by atoms with Gasteiger partial charge in [0.2, 0.25) is 0 Å². The van der Waals surface area contributed by atoms with Crippen LogP contribution >= 0.6 is 0 Å². The molecule has 4 nitrogen and oxygen atoms in total. The lowest BCUT2D eigenvalue weighted by atomic mass is 10.2. The molecule has 0 radical (unpaired) electrons. The van der Waals surface area contributed by atoms with E-state index in [2.05, 4.69) is 0 Å². The molecule has 0 fully saturated rings. The second kappa shape index (κ2) is 6.43. The predicted molar refractivity (Wildman–Crippen MR) is 80.2 cm³/mol. The third-order valence-corrected chi connectivity index (χ3v) is 4.19. The molecule has 1 atom stereocenters. The number of hydrogen-bond acceptors (Lipinski definition) is 4. The minimum atomic E-state index is -1.28. The number of nitrogen functional groups attached to an aromatic ring is 1. The molecule has 20 heavy (non-hydrogen) atoms. The van der Waals surface area contributed by atoms with Crippen molar-refractivity contribution in [2.45, 2.75) is 17.6 Å². The van der Waals surface area contributed by atoms with Gasteiger partial charge in [0.15, 0.2) is 0 Å². The Kier molecular flexibility index (Phi) is 4.63. The third kappa shape index (κ3) is 3.51. The standard InChI is InChI=1S/C15H17NO3S/c1-2-19-13-6-7-14(16)15(9-13)20(18)10-11-4-3-5-12(17)8-11/h3-9,17H,2,10,16H2,1H3. The molecule has 3 N–H and O–H groups in total. The van der Waals surface area contributed by atoms with Gasteiger partial charge in [-0.05, 0) is 42.8 Å². The lowest BCUT2D eigenvalue weighted by molar-refractivity contribution is 0.339. The van der Waals surface area contributed by atoms with Crippen molar-refractivity contribution in [3.05, 3.63) is 48.0 Å². The molecule has 0 bridgehead atoms. The van der Waals surface area contributed by atoms with E-state index in [1.54, 1.807) is 36.4 Å². The predicted octanol–water partition coefficient (Wildman–Crippen LogP) is 2.68. The van der Waals surface area contributed by atoms with Crippen LogP contribution in [0.15, 0.2) is 47.4 Å². The van der Waals surface area contributed by atoms with Crippen LogP contribution in [-0.2, 0) is 16.6 Å². The minimum Gasteiger partial charge on any atom is -0.508 e. The number of ether oxygens (including phenoxy) is 1. The Balaban J connectivity index is 2.22. The summed E-state index contributed by atoms with van der Waals surface area (Å²) in [5, 5.41) is 9.42. The highest BCUT2D eigenvalue weighted by molar-refractivity contribution is 7.84. The number of aromatic hydroxyl groups is 1. The van der Waals surface area contributed by atoms with Crippen LogP contribution in [0.1, 0.15) is 12.5 Å². The van der Waals surface area contributed by atoms with Crippen molar-refractivity contribution < 1.29 is 14.1 Å². The van der Waals surface area contributed by atoms with Crippen LogP contribution in [0.25, 0.3) is 0 Å². The van der Waals surface area contributed by atoms with E-state index in [9.17, 15) is 9.32 Å². The normalized spacial score (nSPS) is 12.1. The molecule has 2 aromatic rings. The van der Waals surface area contributed by atoms with Gasteiger partial charge in [0.1, 0.15) is 11.5 Å². The van der Waals surface area contributed by atoms with Gasteiger partial charge in [-0.25, -0.2) is 0 Å². The van der Waals surface area contributed by atoms with Gasteiger partial charge < -0.3 is 15.6 Å². The Morgan fingerprint density at radius 2 is 2.05 bits per heavy atom. The second-order valence-corrected chi connectivity index (χ2v) is 5.71. The molecule has 0 saturated carbocycles. The van der Waals surface area contributed by atoms with Crippen LogP contribution < -0.4 is 10.5 Å². The zero-order chi connectivity index (χ0) is 14.5. The monoisotopic (exact) mass is 291 g/mol. The Labute approximate surface area is 120 Å². The Hall–Kier alpha value is -2.01. The number of benzene rings is 2. The number of anilines is 1. The smallest absolute Gasteiger partial charge is 0.120 e. The van der Waals surface area contributed by atoms with Gasteiger partial charge in [0, 0.05) is 5.69 Å². The van der Waals surface area contributed by atoms with Gasteiger partial charge in [0.05, 0.1) is 28.1 Å². The first kappa shape index (κ1) is 14.4. The summed E-state index contributed by atoms with van der Waals surface area (Å²) in [6.45, 7) is 2.43. The topological polar surface area (TPSA) is 72.5 Å². The van der Waals surface area contributed by atoms with Crippen molar-refractivity contribution in [2.75, 3.05) is 12.3 Å². The van der Waals surface area contributed by atoms with Crippen LogP contribution in [0, 0.1) is 0 Å². The van der Waals surface area contributed by atoms with Crippen molar-refractivity contribution in [3.63, 3.8) is 0 Å². The first-order valence-corrected chi connectivity index (χ1v) is 7.60. The van der Waals surface area contributed by atoms with E-state index in [-0.39, 0.29) is 5.75 Å². The highest BCUT2D eigenvalue weighted by Gasteiger charge is 2.11. The molecule has 0 amide bonds. The van der Waals surface area contributed by atoms with Crippen molar-refractivity contribution in [1.82, 2.24) is 0 Å². The minimum absolute atomic E-state index is 0.163. The van der Waals surface area contributed by atoms with Crippen LogP contribution in [0.2, 0.25) is 0 Å². The highest BCUT2D eigenvalue weighted by Crippen LogP contribution is 2.25. The fraction of sp³-hybridized carbons (Fsp3) is 0.200. The van der Waals surface area contributed by atoms with Crippen LogP contribution in [0.3, 0.4) is 0 Å². The number of nitrogens with two attached hydrogens (primary N) is 1. The zero-order valence-electron chi connectivity index (χ0n) is 11.2. The summed E-state index contributed by atoms with van der Waals surface area (Å²) in [5.74, 6) is 1.12. The summed E-state index contributed by atoms with van der Waals surface area (Å²) < 4.78 is 17.8. The SMILES string of the molecule is CCOc1ccc(N)c(S(=O)Cc2cccc(O)c2)c1. The average molecular weight is 291 g/mol. The Bertz CT molecular complexity index is 628. The molecule has 106 valence electrons. The van der Waals surface area contributed by atoms with E-state index < -0.39 is 10.8 Å². The Morgan fingerprint density at radius 1 is 1.25 bits per heavy atom. The number of hydrogen-bond donors (Lipinski definition) is 2. The molecule has 2 rings (SSSR count). The first-order chi connectivity index (χ1) is 9.60. The fourth-order valence-electron chi connectivity index (χ4n) is 1.84. The Morgan fingerprint density at radius 3 is 2.75 bits per heavy atom. The van der Waals surface area contributed by atoms with Gasteiger partial charge in [-0.3, -0.25) is 4.21 Å². The molecular formula is C15H17NO3S. The molecule has 0 saturated heterocycles. The molecule has 2 aromatic carbocycles. The molecular weight excluding hydrogens is 274 g/mol. The fourth-order valence-corrected chi connectivity index (χ4v) is 3.06. The van der Waals surface area contributed by atoms with E-state index in [0.717, 1.165) is 5.56 Å². The van der Waals surface area contributed by atoms with Crippen LogP contribution in [0.4, 0.5) is 5.69 Å². The lowest BCUT2D eigenvalue weighted by Gasteiger charge is -2.09. The summed E-state index contributed by atoms with van der Waals surface area (Å²) in [4.78, 5) is 0.555. The molecule has 1 unspecified atom stereocenters. The molecule has 0 aliphatic heterocycles. The van der Waals surface area contributed by atoms with Crippen molar-refractivity contribution in [1.29, 1.82) is 0 Å². The first-order valence-electron chi connectivity index (χ1n) is 6.28. The quantitative estimate of drug-likeness (QED) is 0.831. The van der Waals surface area contributed by atoms with E-state index in [1.165, 1.54) is 0 Å². The second-order valence-electron chi connectivity index (χ2n) is 4.29. The highest BCUT2D eigenvalue weighted by atomic mass is 32.2. The maximum atomic E-state index is 12.4. The summed E-state index contributed by atoms with van der Waals surface area (Å²) in [5.41, 5.74) is 7.15. The summed E-state index contributed by atoms with van der Waals surface area (Å²) in [6.07, 6.45) is 0. The van der Waals surface area contributed by atoms with Crippen molar-refractivity contribution >= 4 is 16.5 Å². The number of phenolic OH excluding ortho intramolecular Hbond substituents is 1. The third-order valence-electron chi connectivity index (χ3n) is 2.75. The molecule has 0 aromatic heterocycles. The van der Waals surface area contributed by atoms with Crippen LogP contribution in [0.5, 0.6) is 11.5 Å². The van der Waals surface area contributed by atoms with Gasteiger partial charge >= 0.3 is 0 Å².